The van der Waals surface area contributed by atoms with Crippen LogP contribution in [0, 0.1) is 0 Å². The molecule has 1 N–H and O–H groups in total. The number of amides is 2. The fraction of sp³-hybridized carbons (Fsp3) is 0.424. The molecule has 2 aliphatic rings. The molecular weight excluding hydrogens is 546 g/mol. The molecule has 2 amide bonds. The lowest BCUT2D eigenvalue weighted by Gasteiger charge is -2.40. The summed E-state index contributed by atoms with van der Waals surface area (Å²) in [4.78, 5) is 37.4. The second-order valence-corrected chi connectivity index (χ2v) is 12.9. The van der Waals surface area contributed by atoms with Gasteiger partial charge in [-0.1, -0.05) is 66.7 Å². The fourth-order valence-corrected chi connectivity index (χ4v) is 7.01. The first-order chi connectivity index (χ1) is 20.3. The van der Waals surface area contributed by atoms with Gasteiger partial charge in [0.1, 0.15) is 17.0 Å². The molecule has 2 fully saturated rings. The number of hydrogen-bond acceptors (Lipinski definition) is 7. The van der Waals surface area contributed by atoms with E-state index in [2.05, 4.69) is 80.8 Å². The van der Waals surface area contributed by atoms with E-state index in [1.54, 1.807) is 29.1 Å². The molecule has 2 aromatic carbocycles. The topological polar surface area (TPSA) is 78.0 Å². The summed E-state index contributed by atoms with van der Waals surface area (Å²) in [7, 11) is 0. The molecule has 0 saturated carbocycles. The van der Waals surface area contributed by atoms with Crippen LogP contribution >= 0.6 is 11.8 Å². The van der Waals surface area contributed by atoms with Crippen LogP contribution < -0.4 is 5.32 Å². The largest absolute Gasteiger partial charge is 0.444 e. The zero-order valence-electron chi connectivity index (χ0n) is 24.7. The van der Waals surface area contributed by atoms with Gasteiger partial charge in [0.25, 0.3) is 0 Å². The Bertz CT molecular complexity index is 1260. The van der Waals surface area contributed by atoms with Gasteiger partial charge < -0.3 is 10.1 Å². The predicted molar refractivity (Wildman–Crippen MR) is 167 cm³/mol. The molecule has 0 bridgehead atoms. The Morgan fingerprint density at radius 2 is 1.60 bits per heavy atom. The molecule has 2 saturated heterocycles. The Balaban J connectivity index is 1.16. The average molecular weight is 588 g/mol. The number of thioether (sulfide) groups is 1. The van der Waals surface area contributed by atoms with Crippen molar-refractivity contribution >= 4 is 23.8 Å². The van der Waals surface area contributed by atoms with Crippen molar-refractivity contribution in [1.29, 1.82) is 0 Å². The second-order valence-electron chi connectivity index (χ2n) is 11.8. The normalized spacial score (nSPS) is 20.0. The molecule has 2 unspecified atom stereocenters. The minimum atomic E-state index is -0.660. The lowest BCUT2D eigenvalue weighted by Crippen LogP contribution is -2.52. The van der Waals surface area contributed by atoms with Gasteiger partial charge in [0.05, 0.1) is 6.04 Å². The highest BCUT2D eigenvalue weighted by Crippen LogP contribution is 2.42. The number of carbonyl (C=O) groups is 2. The van der Waals surface area contributed by atoms with E-state index in [1.807, 2.05) is 32.9 Å². The van der Waals surface area contributed by atoms with Gasteiger partial charge in [-0.3, -0.25) is 24.5 Å². The molecule has 0 aliphatic carbocycles. The van der Waals surface area contributed by atoms with Gasteiger partial charge in [-0.05, 0) is 38.0 Å². The third-order valence-corrected chi connectivity index (χ3v) is 8.93. The molecule has 9 heteroatoms. The average Bonchev–Trinajstić information content (AvgIpc) is 3.45. The van der Waals surface area contributed by atoms with Crippen LogP contribution in [0.5, 0.6) is 0 Å². The number of ether oxygens (including phenoxy) is 1. The molecule has 42 heavy (non-hydrogen) atoms. The molecular formula is C33H41N5O3S. The third-order valence-electron chi connectivity index (χ3n) is 7.61. The van der Waals surface area contributed by atoms with Crippen LogP contribution in [0.25, 0.3) is 0 Å². The number of nitrogens with one attached hydrogen (secondary N) is 1. The predicted octanol–water partition coefficient (Wildman–Crippen LogP) is 4.96. The van der Waals surface area contributed by atoms with Crippen molar-refractivity contribution in [3.63, 3.8) is 0 Å². The molecule has 2 atom stereocenters. The maximum absolute atomic E-state index is 13.4. The summed E-state index contributed by atoms with van der Waals surface area (Å²) in [6.07, 6.45) is 2.97. The maximum atomic E-state index is 13.4. The quantitative estimate of drug-likeness (QED) is 0.399. The van der Waals surface area contributed by atoms with Crippen LogP contribution in [0.2, 0.25) is 0 Å². The van der Waals surface area contributed by atoms with Gasteiger partial charge in [0.15, 0.2) is 0 Å². The van der Waals surface area contributed by atoms with Gasteiger partial charge in [0, 0.05) is 63.0 Å². The summed E-state index contributed by atoms with van der Waals surface area (Å²) in [6, 6.07) is 24.8. The minimum absolute atomic E-state index is 0.147. The van der Waals surface area contributed by atoms with Crippen molar-refractivity contribution in [2.24, 2.45) is 0 Å². The van der Waals surface area contributed by atoms with E-state index in [9.17, 15) is 9.59 Å². The van der Waals surface area contributed by atoms with Gasteiger partial charge in [-0.15, -0.1) is 11.8 Å². The number of piperazine rings is 1. The maximum Gasteiger partial charge on any atom is 0.412 e. The standard InChI is InChI=1S/C33H41N5O3S/c1-33(2,3)41-32(40)38-28(24-42-31(38)27-15-10-16-34-23-27)30(39)35-17-18-36-19-21-37(22-20-36)29(25-11-6-4-7-12-25)26-13-8-5-9-14-26/h4-16,23,28-29,31H,17-22,24H2,1-3H3,(H,35,39). The lowest BCUT2D eigenvalue weighted by molar-refractivity contribution is -0.125. The molecule has 1 aromatic heterocycles. The molecule has 3 heterocycles. The number of nitrogens with zero attached hydrogens (tertiary/aromatic N) is 4. The summed E-state index contributed by atoms with van der Waals surface area (Å²) < 4.78 is 5.71. The molecule has 0 spiro atoms. The monoisotopic (exact) mass is 587 g/mol. The number of pyridine rings is 1. The fourth-order valence-electron chi connectivity index (χ4n) is 5.61. The molecule has 0 radical (unpaired) electrons. The number of aromatic nitrogens is 1. The molecule has 2 aliphatic heterocycles. The number of benzene rings is 2. The van der Waals surface area contributed by atoms with Crippen molar-refractivity contribution in [2.45, 2.75) is 43.8 Å². The first kappa shape index (κ1) is 30.1. The highest BCUT2D eigenvalue weighted by atomic mass is 32.2. The summed E-state index contributed by atoms with van der Waals surface area (Å²) in [5.74, 6) is 0.357. The van der Waals surface area contributed by atoms with E-state index in [0.717, 1.165) is 38.3 Å². The Morgan fingerprint density at radius 3 is 2.17 bits per heavy atom. The zero-order chi connectivity index (χ0) is 29.5. The number of hydrogen-bond donors (Lipinski definition) is 1. The van der Waals surface area contributed by atoms with Crippen LogP contribution in [-0.2, 0) is 9.53 Å². The second kappa shape index (κ2) is 13.7. The van der Waals surface area contributed by atoms with Gasteiger partial charge >= 0.3 is 6.09 Å². The molecule has 5 rings (SSSR count). The van der Waals surface area contributed by atoms with Gasteiger partial charge in [0.2, 0.25) is 5.91 Å². The highest BCUT2D eigenvalue weighted by Gasteiger charge is 2.44. The highest BCUT2D eigenvalue weighted by molar-refractivity contribution is 7.99. The third kappa shape index (κ3) is 7.51. The van der Waals surface area contributed by atoms with E-state index in [1.165, 1.54) is 11.1 Å². The van der Waals surface area contributed by atoms with E-state index < -0.39 is 17.7 Å². The summed E-state index contributed by atoms with van der Waals surface area (Å²) in [6.45, 7) is 10.6. The van der Waals surface area contributed by atoms with Crippen LogP contribution in [0.15, 0.2) is 85.2 Å². The number of carbonyl (C=O) groups excluding carboxylic acids is 2. The Morgan fingerprint density at radius 1 is 0.952 bits per heavy atom. The summed E-state index contributed by atoms with van der Waals surface area (Å²) >= 11 is 1.56. The van der Waals surface area contributed by atoms with E-state index in [-0.39, 0.29) is 17.3 Å². The van der Waals surface area contributed by atoms with Crippen molar-refractivity contribution < 1.29 is 14.3 Å². The smallest absolute Gasteiger partial charge is 0.412 e. The lowest BCUT2D eigenvalue weighted by atomic mass is 9.96. The van der Waals surface area contributed by atoms with Crippen molar-refractivity contribution in [3.8, 4) is 0 Å². The van der Waals surface area contributed by atoms with Crippen LogP contribution in [0.1, 0.15) is 48.9 Å². The summed E-state index contributed by atoms with van der Waals surface area (Å²) in [5.41, 5.74) is 2.83. The molecule has 3 aromatic rings. The molecule has 8 nitrogen and oxygen atoms in total. The minimum Gasteiger partial charge on any atom is -0.444 e. The van der Waals surface area contributed by atoms with E-state index >= 15 is 0 Å². The van der Waals surface area contributed by atoms with Gasteiger partial charge in [-0.2, -0.15) is 0 Å². The van der Waals surface area contributed by atoms with Gasteiger partial charge in [-0.25, -0.2) is 4.79 Å². The Hall–Kier alpha value is -3.40. The SMILES string of the molecule is CC(C)(C)OC(=O)N1C(C(=O)NCCN2CCN(C(c3ccccc3)c3ccccc3)CC2)CSC1c1cccnc1. The first-order valence-electron chi connectivity index (χ1n) is 14.7. The first-order valence-corrected chi connectivity index (χ1v) is 15.7. The Kier molecular flexibility index (Phi) is 9.82. The number of rotatable bonds is 8. The Labute approximate surface area is 253 Å². The van der Waals surface area contributed by atoms with Crippen molar-refractivity contribution in [1.82, 2.24) is 25.0 Å². The summed E-state index contributed by atoms with van der Waals surface area (Å²) in [5, 5.41) is 2.78. The van der Waals surface area contributed by atoms with Crippen LogP contribution in [-0.4, -0.2) is 88.3 Å². The van der Waals surface area contributed by atoms with Crippen molar-refractivity contribution in [3.05, 3.63) is 102 Å². The van der Waals surface area contributed by atoms with E-state index in [4.69, 9.17) is 4.74 Å². The van der Waals surface area contributed by atoms with Crippen LogP contribution in [0.4, 0.5) is 4.79 Å². The van der Waals surface area contributed by atoms with Crippen LogP contribution in [0.3, 0.4) is 0 Å². The molecule has 222 valence electrons. The van der Waals surface area contributed by atoms with E-state index in [0.29, 0.717) is 12.3 Å². The zero-order valence-corrected chi connectivity index (χ0v) is 25.5. The van der Waals surface area contributed by atoms with Crippen molar-refractivity contribution in [2.75, 3.05) is 45.0 Å².